The fourth-order valence-corrected chi connectivity index (χ4v) is 1.85. The van der Waals surface area contributed by atoms with Crippen molar-refractivity contribution in [3.8, 4) is 0 Å². The van der Waals surface area contributed by atoms with Crippen molar-refractivity contribution in [1.82, 2.24) is 9.55 Å². The van der Waals surface area contributed by atoms with Gasteiger partial charge in [0.15, 0.2) is 0 Å². The largest absolute Gasteiger partial charge is 0.462 e. The van der Waals surface area contributed by atoms with Crippen LogP contribution in [0.1, 0.15) is 23.1 Å². The molecule has 0 atom stereocenters. The van der Waals surface area contributed by atoms with Gasteiger partial charge in [-0.25, -0.2) is 9.78 Å². The van der Waals surface area contributed by atoms with Gasteiger partial charge in [-0.2, -0.15) is 0 Å². The van der Waals surface area contributed by atoms with E-state index in [0.717, 1.165) is 11.5 Å². The van der Waals surface area contributed by atoms with Gasteiger partial charge < -0.3 is 14.6 Å². The predicted molar refractivity (Wildman–Crippen MR) is 77.9 cm³/mol. The van der Waals surface area contributed by atoms with E-state index in [2.05, 4.69) is 10.3 Å². The van der Waals surface area contributed by atoms with Crippen molar-refractivity contribution in [1.29, 1.82) is 0 Å². The summed E-state index contributed by atoms with van der Waals surface area (Å²) in [6.07, 6.45) is 1.61. The average molecular weight is 294 g/mol. The zero-order valence-electron chi connectivity index (χ0n) is 11.4. The van der Waals surface area contributed by atoms with E-state index in [4.69, 9.17) is 16.3 Å². The number of hydrogen-bond donors (Lipinski definition) is 1. The highest BCUT2D eigenvalue weighted by molar-refractivity contribution is 6.29. The van der Waals surface area contributed by atoms with Crippen molar-refractivity contribution in [2.75, 3.05) is 11.9 Å². The lowest BCUT2D eigenvalue weighted by atomic mass is 10.2. The number of rotatable bonds is 5. The Morgan fingerprint density at radius 3 is 2.65 bits per heavy atom. The highest BCUT2D eigenvalue weighted by Crippen LogP contribution is 2.13. The molecular formula is C14H16ClN3O2. The lowest BCUT2D eigenvalue weighted by Gasteiger charge is -2.07. The Balaban J connectivity index is 1.97. The van der Waals surface area contributed by atoms with Gasteiger partial charge in [0, 0.05) is 12.7 Å². The number of nitrogens with one attached hydrogen (secondary N) is 1. The van der Waals surface area contributed by atoms with Gasteiger partial charge >= 0.3 is 5.97 Å². The molecule has 20 heavy (non-hydrogen) atoms. The third-order valence-electron chi connectivity index (χ3n) is 2.87. The zero-order valence-corrected chi connectivity index (χ0v) is 12.1. The van der Waals surface area contributed by atoms with E-state index in [0.29, 0.717) is 23.9 Å². The van der Waals surface area contributed by atoms with Crippen LogP contribution in [0.3, 0.4) is 0 Å². The second-order valence-electron chi connectivity index (χ2n) is 4.21. The number of esters is 1. The Morgan fingerprint density at radius 2 is 2.10 bits per heavy atom. The van der Waals surface area contributed by atoms with Crippen LogP contribution >= 0.6 is 11.6 Å². The molecule has 1 heterocycles. The zero-order chi connectivity index (χ0) is 14.5. The van der Waals surface area contributed by atoms with Crippen LogP contribution in [0.2, 0.25) is 5.15 Å². The van der Waals surface area contributed by atoms with Crippen molar-refractivity contribution >= 4 is 23.3 Å². The van der Waals surface area contributed by atoms with E-state index in [9.17, 15) is 4.79 Å². The number of carbonyl (C=O) groups excluding carboxylic acids is 1. The first-order valence-corrected chi connectivity index (χ1v) is 6.66. The summed E-state index contributed by atoms with van der Waals surface area (Å²) in [5.41, 5.74) is 1.44. The minimum atomic E-state index is -0.310. The third kappa shape index (κ3) is 3.30. The molecule has 0 aliphatic rings. The number of aromatic nitrogens is 2. The van der Waals surface area contributed by atoms with E-state index >= 15 is 0 Å². The van der Waals surface area contributed by atoms with Crippen LogP contribution in [0.25, 0.3) is 0 Å². The van der Waals surface area contributed by atoms with Crippen LogP contribution < -0.4 is 5.32 Å². The molecule has 5 nitrogen and oxygen atoms in total. The topological polar surface area (TPSA) is 56.1 Å². The van der Waals surface area contributed by atoms with Gasteiger partial charge in [-0.15, -0.1) is 0 Å². The second-order valence-corrected chi connectivity index (χ2v) is 4.59. The van der Waals surface area contributed by atoms with Crippen molar-refractivity contribution in [2.24, 2.45) is 7.05 Å². The number of nitrogens with zero attached hydrogens (tertiary/aromatic N) is 2. The summed E-state index contributed by atoms with van der Waals surface area (Å²) in [5, 5.41) is 3.82. The number of hydrogen-bond acceptors (Lipinski definition) is 4. The molecule has 0 amide bonds. The maximum atomic E-state index is 11.5. The Morgan fingerprint density at radius 1 is 1.40 bits per heavy atom. The van der Waals surface area contributed by atoms with Gasteiger partial charge in [0.25, 0.3) is 0 Å². The van der Waals surface area contributed by atoms with Crippen molar-refractivity contribution in [3.63, 3.8) is 0 Å². The summed E-state index contributed by atoms with van der Waals surface area (Å²) in [4.78, 5) is 15.7. The first kappa shape index (κ1) is 14.4. The normalized spacial score (nSPS) is 10.3. The number of anilines is 1. The first-order valence-electron chi connectivity index (χ1n) is 6.29. The van der Waals surface area contributed by atoms with Crippen molar-refractivity contribution in [2.45, 2.75) is 13.5 Å². The van der Waals surface area contributed by atoms with Crippen molar-refractivity contribution < 1.29 is 9.53 Å². The summed E-state index contributed by atoms with van der Waals surface area (Å²) >= 11 is 5.92. The van der Waals surface area contributed by atoms with E-state index < -0.39 is 0 Å². The molecule has 0 aliphatic heterocycles. The number of halogens is 1. The summed E-state index contributed by atoms with van der Waals surface area (Å²) in [6, 6.07) is 7.12. The molecule has 0 fully saturated rings. The summed E-state index contributed by atoms with van der Waals surface area (Å²) in [5.74, 6) is 0.527. The van der Waals surface area contributed by atoms with Crippen LogP contribution in [0.15, 0.2) is 30.5 Å². The molecule has 1 aromatic heterocycles. The monoisotopic (exact) mass is 293 g/mol. The highest BCUT2D eigenvalue weighted by atomic mass is 35.5. The molecule has 2 aromatic rings. The maximum Gasteiger partial charge on any atom is 0.338 e. The summed E-state index contributed by atoms with van der Waals surface area (Å²) < 4.78 is 6.74. The molecule has 2 rings (SSSR count). The molecule has 1 aromatic carbocycles. The van der Waals surface area contributed by atoms with Gasteiger partial charge in [0.2, 0.25) is 0 Å². The first-order chi connectivity index (χ1) is 9.61. The molecule has 6 heteroatoms. The van der Waals surface area contributed by atoms with E-state index in [-0.39, 0.29) is 5.97 Å². The Hall–Kier alpha value is -2.01. The van der Waals surface area contributed by atoms with Gasteiger partial charge in [0.05, 0.1) is 24.9 Å². The molecule has 0 spiro atoms. The predicted octanol–water partition coefficient (Wildman–Crippen LogP) is 2.86. The molecule has 106 valence electrons. The Bertz CT molecular complexity index is 593. The molecule has 0 unspecified atom stereocenters. The molecule has 0 bridgehead atoms. The second kappa shape index (κ2) is 6.43. The number of imidazole rings is 1. The van der Waals surface area contributed by atoms with Crippen LogP contribution in [0, 0.1) is 0 Å². The standard InChI is InChI=1S/C14H16ClN3O2/c1-3-20-14(19)10-4-6-11(7-5-10)16-9-13-17-8-12(15)18(13)2/h4-8,16H,3,9H2,1-2H3. The highest BCUT2D eigenvalue weighted by Gasteiger charge is 2.06. The minimum absolute atomic E-state index is 0.310. The van der Waals surface area contributed by atoms with E-state index in [1.54, 1.807) is 25.3 Å². The van der Waals surface area contributed by atoms with Gasteiger partial charge in [0.1, 0.15) is 11.0 Å². The van der Waals surface area contributed by atoms with Crippen LogP contribution in [-0.2, 0) is 18.3 Å². The lowest BCUT2D eigenvalue weighted by molar-refractivity contribution is 0.0526. The summed E-state index contributed by atoms with van der Waals surface area (Å²) in [6.45, 7) is 2.71. The van der Waals surface area contributed by atoms with Gasteiger partial charge in [-0.05, 0) is 31.2 Å². The third-order valence-corrected chi connectivity index (χ3v) is 3.23. The maximum absolute atomic E-state index is 11.5. The molecule has 0 radical (unpaired) electrons. The average Bonchev–Trinajstić information content (AvgIpc) is 2.77. The smallest absolute Gasteiger partial charge is 0.338 e. The molecule has 0 aliphatic carbocycles. The van der Waals surface area contributed by atoms with E-state index in [1.807, 2.05) is 23.7 Å². The molecular weight excluding hydrogens is 278 g/mol. The fraction of sp³-hybridized carbons (Fsp3) is 0.286. The molecule has 1 N–H and O–H groups in total. The minimum Gasteiger partial charge on any atom is -0.462 e. The number of carbonyl (C=O) groups is 1. The van der Waals surface area contributed by atoms with Crippen LogP contribution in [0.4, 0.5) is 5.69 Å². The molecule has 0 saturated heterocycles. The van der Waals surface area contributed by atoms with Crippen molar-refractivity contribution in [3.05, 3.63) is 47.0 Å². The van der Waals surface area contributed by atoms with Gasteiger partial charge in [-0.3, -0.25) is 0 Å². The quantitative estimate of drug-likeness (QED) is 0.861. The van der Waals surface area contributed by atoms with Crippen LogP contribution in [-0.4, -0.2) is 22.1 Å². The Labute approximate surface area is 122 Å². The molecule has 0 saturated carbocycles. The SMILES string of the molecule is CCOC(=O)c1ccc(NCc2ncc(Cl)n2C)cc1. The number of benzene rings is 1. The van der Waals surface area contributed by atoms with Crippen LogP contribution in [0.5, 0.6) is 0 Å². The Kier molecular flexibility index (Phi) is 4.63. The summed E-state index contributed by atoms with van der Waals surface area (Å²) in [7, 11) is 1.86. The lowest BCUT2D eigenvalue weighted by Crippen LogP contribution is -2.07. The van der Waals surface area contributed by atoms with E-state index in [1.165, 1.54) is 0 Å². The number of ether oxygens (including phenoxy) is 1. The van der Waals surface area contributed by atoms with Gasteiger partial charge in [-0.1, -0.05) is 11.6 Å². The fourth-order valence-electron chi connectivity index (χ4n) is 1.71.